The molecule has 0 fully saturated rings. The van der Waals surface area contributed by atoms with Crippen molar-refractivity contribution in [1.29, 1.82) is 0 Å². The second kappa shape index (κ2) is 12.3. The number of halogens is 4. The van der Waals surface area contributed by atoms with Crippen molar-refractivity contribution in [2.45, 2.75) is 58.2 Å². The second-order valence-corrected chi connectivity index (χ2v) is 9.84. The van der Waals surface area contributed by atoms with Gasteiger partial charge in [-0.25, -0.2) is 19.2 Å². The normalized spacial score (nSPS) is 11.9. The predicted octanol–water partition coefficient (Wildman–Crippen LogP) is 3.78. The van der Waals surface area contributed by atoms with Gasteiger partial charge in [0.05, 0.1) is 0 Å². The Bertz CT molecular complexity index is 1760. The van der Waals surface area contributed by atoms with Crippen LogP contribution in [0.5, 0.6) is 5.88 Å². The fourth-order valence-corrected chi connectivity index (χ4v) is 4.53. The van der Waals surface area contributed by atoms with E-state index in [1.165, 1.54) is 22.7 Å². The first-order valence-electron chi connectivity index (χ1n) is 12.8. The number of pyridine rings is 1. The second-order valence-electron chi connectivity index (χ2n) is 9.08. The first-order chi connectivity index (χ1) is 20.2. The number of esters is 1. The van der Waals surface area contributed by atoms with Gasteiger partial charge in [-0.2, -0.15) is 18.2 Å². The molecule has 222 valence electrons. The monoisotopic (exact) mass is 653 g/mol. The number of fused-ring (bicyclic) bond motifs is 2. The van der Waals surface area contributed by atoms with Crippen LogP contribution in [0, 0.1) is 0 Å². The Hall–Kier alpha value is -4.35. The third kappa shape index (κ3) is 6.27. The molecule has 0 radical (unpaired) electrons. The number of carbonyl (C=O) groups excluding carboxylic acids is 1. The summed E-state index contributed by atoms with van der Waals surface area (Å²) < 4.78 is 54.5. The lowest BCUT2D eigenvalue weighted by molar-refractivity contribution is -0.205. The van der Waals surface area contributed by atoms with E-state index in [9.17, 15) is 22.8 Å². The maximum absolute atomic E-state index is 13.3. The molecule has 14 nitrogen and oxygen atoms in total. The number of unbranched alkanes of at least 4 members (excludes halogenated alkanes) is 2. The van der Waals surface area contributed by atoms with Crippen LogP contribution in [-0.2, 0) is 28.9 Å². The van der Waals surface area contributed by atoms with Gasteiger partial charge in [-0.05, 0) is 34.8 Å². The summed E-state index contributed by atoms with van der Waals surface area (Å²) in [6.07, 6.45) is 0.526. The van der Waals surface area contributed by atoms with Gasteiger partial charge in [0.25, 0.3) is 5.56 Å². The third-order valence-corrected chi connectivity index (χ3v) is 6.53. The molecule has 0 aromatic carbocycles. The van der Waals surface area contributed by atoms with Crippen LogP contribution in [0.1, 0.15) is 44.3 Å². The first kappa shape index (κ1) is 29.2. The van der Waals surface area contributed by atoms with E-state index in [-0.39, 0.29) is 17.3 Å². The molecule has 0 aliphatic carbocycles. The molecule has 18 heteroatoms. The number of nitrogens with one attached hydrogen (secondary N) is 1. The van der Waals surface area contributed by atoms with Crippen LogP contribution in [-0.4, -0.2) is 63.2 Å². The molecule has 1 N–H and O–H groups in total. The minimum Gasteiger partial charge on any atom is -0.440 e. The van der Waals surface area contributed by atoms with Gasteiger partial charge in [-0.3, -0.25) is 9.36 Å². The Morgan fingerprint density at radius 2 is 1.98 bits per heavy atom. The molecule has 0 amide bonds. The number of hydrogen-bond acceptors (Lipinski definition) is 11. The SMILES string of the molecule is CCCCCn1c2nc(Br)[nH]c2c(=O)n2c(CCCc3nc(-c4ccc(OCOC(=O)C(F)(F)F)nc4)no3)nnc12. The standard InChI is InChI=1S/C24H23BrF3N9O5/c1-2-3-4-10-36-19-17(31-22(25)32-19)20(38)37-14(33-34-23(36)37)6-5-7-16-30-18(35-42-16)13-8-9-15(29-11-13)40-12-41-21(39)24(26,27)28/h8-9,11H,2-7,10,12H2,1H3,(H,31,32). The predicted molar refractivity (Wildman–Crippen MR) is 141 cm³/mol. The smallest absolute Gasteiger partial charge is 0.440 e. The summed E-state index contributed by atoms with van der Waals surface area (Å²) in [5.74, 6) is -0.929. The quantitative estimate of drug-likeness (QED) is 0.0900. The highest BCUT2D eigenvalue weighted by molar-refractivity contribution is 9.10. The van der Waals surface area contributed by atoms with E-state index in [2.05, 4.69) is 62.9 Å². The van der Waals surface area contributed by atoms with Crippen LogP contribution in [0.15, 0.2) is 32.4 Å². The molecule has 0 unspecified atom stereocenters. The number of carbonyl (C=O) groups is 1. The van der Waals surface area contributed by atoms with Gasteiger partial charge < -0.3 is 19.0 Å². The Balaban J connectivity index is 1.22. The van der Waals surface area contributed by atoms with E-state index in [0.29, 0.717) is 64.8 Å². The summed E-state index contributed by atoms with van der Waals surface area (Å²) in [6.45, 7) is 1.80. The van der Waals surface area contributed by atoms with E-state index < -0.39 is 18.9 Å². The number of imidazole rings is 1. The van der Waals surface area contributed by atoms with Crippen molar-refractivity contribution in [2.75, 3.05) is 6.79 Å². The van der Waals surface area contributed by atoms with Gasteiger partial charge in [-0.1, -0.05) is 24.9 Å². The summed E-state index contributed by atoms with van der Waals surface area (Å²) in [6, 6.07) is 2.87. The number of aromatic nitrogens is 9. The highest BCUT2D eigenvalue weighted by Crippen LogP contribution is 2.20. The molecule has 42 heavy (non-hydrogen) atoms. The number of ether oxygens (including phenoxy) is 2. The zero-order valence-corrected chi connectivity index (χ0v) is 23.6. The van der Waals surface area contributed by atoms with Crippen molar-refractivity contribution in [2.24, 2.45) is 0 Å². The van der Waals surface area contributed by atoms with Gasteiger partial charge in [0.1, 0.15) is 5.82 Å². The van der Waals surface area contributed by atoms with Gasteiger partial charge in [-0.15, -0.1) is 10.2 Å². The Kier molecular flexibility index (Phi) is 8.51. The molecular weight excluding hydrogens is 631 g/mol. The molecule has 5 heterocycles. The topological polar surface area (TPSA) is 168 Å². The number of nitrogens with zero attached hydrogens (tertiary/aromatic N) is 8. The molecule has 0 aliphatic heterocycles. The highest BCUT2D eigenvalue weighted by Gasteiger charge is 2.41. The van der Waals surface area contributed by atoms with Gasteiger partial charge in [0, 0.05) is 37.2 Å². The average Bonchev–Trinajstić information content (AvgIpc) is 3.69. The number of H-pyrrole nitrogens is 1. The first-order valence-corrected chi connectivity index (χ1v) is 13.6. The van der Waals surface area contributed by atoms with Crippen LogP contribution < -0.4 is 10.3 Å². The number of aryl methyl sites for hydroxylation is 3. The fourth-order valence-electron chi connectivity index (χ4n) is 4.16. The maximum Gasteiger partial charge on any atom is 0.491 e. The molecule has 5 rings (SSSR count). The lowest BCUT2D eigenvalue weighted by atomic mass is 10.2. The van der Waals surface area contributed by atoms with E-state index in [1.807, 2.05) is 4.57 Å². The molecule has 0 atom stereocenters. The number of aromatic amines is 1. The minimum atomic E-state index is -5.11. The molecule has 0 aliphatic rings. The fraction of sp³-hybridized carbons (Fsp3) is 0.417. The van der Waals surface area contributed by atoms with Gasteiger partial charge in [0.15, 0.2) is 15.9 Å². The minimum absolute atomic E-state index is 0.0674. The van der Waals surface area contributed by atoms with E-state index in [1.54, 1.807) is 0 Å². The maximum atomic E-state index is 13.3. The average molecular weight is 654 g/mol. The highest BCUT2D eigenvalue weighted by atomic mass is 79.9. The summed E-state index contributed by atoms with van der Waals surface area (Å²) in [4.78, 5) is 39.7. The molecular formula is C24H23BrF3N9O5. The number of alkyl halides is 3. The lowest BCUT2D eigenvalue weighted by Gasteiger charge is -2.09. The van der Waals surface area contributed by atoms with Crippen molar-refractivity contribution >= 4 is 38.8 Å². The summed E-state index contributed by atoms with van der Waals surface area (Å²) in [5, 5.41) is 12.5. The summed E-state index contributed by atoms with van der Waals surface area (Å²) in [5.41, 5.74) is 1.06. The summed E-state index contributed by atoms with van der Waals surface area (Å²) >= 11 is 3.32. The van der Waals surface area contributed by atoms with Gasteiger partial charge in [0.2, 0.25) is 30.2 Å². The number of hydrogen-bond donors (Lipinski definition) is 1. The molecule has 0 bridgehead atoms. The van der Waals surface area contributed by atoms with Crippen molar-refractivity contribution in [3.63, 3.8) is 0 Å². The molecule has 0 spiro atoms. The Morgan fingerprint density at radius 3 is 2.71 bits per heavy atom. The molecule has 5 aromatic rings. The molecule has 0 saturated heterocycles. The van der Waals surface area contributed by atoms with Crippen LogP contribution in [0.3, 0.4) is 0 Å². The summed E-state index contributed by atoms with van der Waals surface area (Å²) in [7, 11) is 0. The van der Waals surface area contributed by atoms with Crippen LogP contribution >= 0.6 is 15.9 Å². The van der Waals surface area contributed by atoms with E-state index in [4.69, 9.17) is 9.26 Å². The van der Waals surface area contributed by atoms with Crippen molar-refractivity contribution in [1.82, 2.24) is 44.3 Å². The van der Waals surface area contributed by atoms with Crippen LogP contribution in [0.25, 0.3) is 28.3 Å². The largest absolute Gasteiger partial charge is 0.491 e. The van der Waals surface area contributed by atoms with Crippen LogP contribution in [0.4, 0.5) is 13.2 Å². The van der Waals surface area contributed by atoms with Crippen molar-refractivity contribution < 1.29 is 32.0 Å². The van der Waals surface area contributed by atoms with Crippen molar-refractivity contribution in [3.05, 3.63) is 45.1 Å². The van der Waals surface area contributed by atoms with Gasteiger partial charge >= 0.3 is 12.1 Å². The van der Waals surface area contributed by atoms with E-state index in [0.717, 1.165) is 19.3 Å². The Morgan fingerprint density at radius 1 is 1.14 bits per heavy atom. The molecule has 5 aromatic heterocycles. The lowest BCUT2D eigenvalue weighted by Crippen LogP contribution is -2.26. The zero-order chi connectivity index (χ0) is 29.9. The van der Waals surface area contributed by atoms with Crippen LogP contribution in [0.2, 0.25) is 0 Å². The van der Waals surface area contributed by atoms with E-state index >= 15 is 0 Å². The van der Waals surface area contributed by atoms with Crippen molar-refractivity contribution in [3.8, 4) is 17.3 Å². The Labute approximate surface area is 242 Å². The number of rotatable bonds is 12. The third-order valence-electron chi connectivity index (χ3n) is 6.15. The zero-order valence-electron chi connectivity index (χ0n) is 22.0. The molecule has 0 saturated carbocycles.